The fourth-order valence-corrected chi connectivity index (χ4v) is 4.47. The Balaban J connectivity index is 1.64. The van der Waals surface area contributed by atoms with Crippen LogP contribution in [0.1, 0.15) is 74.4 Å². The van der Waals surface area contributed by atoms with Crippen LogP contribution in [0, 0.1) is 5.92 Å². The lowest BCUT2D eigenvalue weighted by Gasteiger charge is -2.31. The van der Waals surface area contributed by atoms with Crippen LogP contribution in [0.2, 0.25) is 0 Å². The number of unbranched alkanes of at least 4 members (excludes halogenated alkanes) is 1. The van der Waals surface area contributed by atoms with Crippen LogP contribution >= 0.6 is 0 Å². The van der Waals surface area contributed by atoms with Gasteiger partial charge in [0.15, 0.2) is 0 Å². The van der Waals surface area contributed by atoms with Gasteiger partial charge >= 0.3 is 0 Å². The summed E-state index contributed by atoms with van der Waals surface area (Å²) in [5, 5.41) is 3.05. The molecule has 0 spiro atoms. The fraction of sp³-hybridized carbons (Fsp3) is 0.538. The standard InChI is InChI=1S/C26H35N3O3/c1-2-3-14-29(19-22-11-8-17-32-22)24-13-12-21(27-25(30)20-9-7-10-20)18-23(24)26(31)28-15-5-4-6-16-28/h8,11-13,17-18,20H,2-7,9-10,14-16,19H2,1H3,(H,27,30). The average Bonchev–Trinajstić information content (AvgIpc) is 3.29. The molecule has 1 aromatic heterocycles. The van der Waals surface area contributed by atoms with Crippen molar-refractivity contribution in [1.82, 2.24) is 4.90 Å². The maximum Gasteiger partial charge on any atom is 0.256 e. The number of furan rings is 1. The van der Waals surface area contributed by atoms with Gasteiger partial charge in [0.1, 0.15) is 5.76 Å². The molecule has 4 rings (SSSR count). The third-order valence-electron chi connectivity index (χ3n) is 6.66. The number of nitrogens with zero attached hydrogens (tertiary/aromatic N) is 2. The first-order valence-electron chi connectivity index (χ1n) is 12.2. The van der Waals surface area contributed by atoms with Crippen molar-refractivity contribution in [3.05, 3.63) is 47.9 Å². The van der Waals surface area contributed by atoms with E-state index in [2.05, 4.69) is 17.1 Å². The molecule has 1 saturated heterocycles. The maximum absolute atomic E-state index is 13.6. The van der Waals surface area contributed by atoms with E-state index in [0.29, 0.717) is 17.8 Å². The highest BCUT2D eigenvalue weighted by molar-refractivity contribution is 6.02. The van der Waals surface area contributed by atoms with Gasteiger partial charge in [0.2, 0.25) is 5.91 Å². The maximum atomic E-state index is 13.6. The summed E-state index contributed by atoms with van der Waals surface area (Å²) in [5.74, 6) is 1.11. The molecular weight excluding hydrogens is 402 g/mol. The number of amides is 2. The van der Waals surface area contributed by atoms with Crippen LogP contribution in [-0.2, 0) is 11.3 Å². The van der Waals surface area contributed by atoms with E-state index in [1.54, 1.807) is 6.26 Å². The zero-order valence-corrected chi connectivity index (χ0v) is 19.1. The van der Waals surface area contributed by atoms with Gasteiger partial charge in [-0.3, -0.25) is 9.59 Å². The summed E-state index contributed by atoms with van der Waals surface area (Å²) in [6.45, 7) is 5.21. The molecule has 1 aromatic carbocycles. The van der Waals surface area contributed by atoms with Crippen LogP contribution in [0.3, 0.4) is 0 Å². The number of nitrogens with one attached hydrogen (secondary N) is 1. The highest BCUT2D eigenvalue weighted by Crippen LogP contribution is 2.31. The lowest BCUT2D eigenvalue weighted by atomic mass is 9.85. The van der Waals surface area contributed by atoms with Gasteiger partial charge in [-0.1, -0.05) is 19.8 Å². The van der Waals surface area contributed by atoms with Gasteiger partial charge < -0.3 is 19.5 Å². The van der Waals surface area contributed by atoms with E-state index in [0.717, 1.165) is 76.0 Å². The van der Waals surface area contributed by atoms with E-state index < -0.39 is 0 Å². The van der Waals surface area contributed by atoms with Gasteiger partial charge in [-0.15, -0.1) is 0 Å². The minimum Gasteiger partial charge on any atom is -0.467 e. The zero-order valence-electron chi connectivity index (χ0n) is 19.1. The van der Waals surface area contributed by atoms with Crippen LogP contribution < -0.4 is 10.2 Å². The van der Waals surface area contributed by atoms with Gasteiger partial charge in [0.05, 0.1) is 24.1 Å². The second-order valence-corrected chi connectivity index (χ2v) is 9.06. The molecule has 6 nitrogen and oxygen atoms in total. The summed E-state index contributed by atoms with van der Waals surface area (Å²) in [6, 6.07) is 9.67. The third kappa shape index (κ3) is 5.34. The zero-order chi connectivity index (χ0) is 22.3. The average molecular weight is 438 g/mol. The monoisotopic (exact) mass is 437 g/mol. The predicted octanol–water partition coefficient (Wildman–Crippen LogP) is 5.45. The molecule has 32 heavy (non-hydrogen) atoms. The molecule has 1 aliphatic carbocycles. The first-order chi connectivity index (χ1) is 15.7. The first kappa shape index (κ1) is 22.4. The Morgan fingerprint density at radius 3 is 2.59 bits per heavy atom. The molecule has 2 aromatic rings. The molecule has 2 aliphatic rings. The highest BCUT2D eigenvalue weighted by atomic mass is 16.3. The summed E-state index contributed by atoms with van der Waals surface area (Å²) >= 11 is 0. The minimum absolute atomic E-state index is 0.0559. The SMILES string of the molecule is CCCCN(Cc1ccco1)c1ccc(NC(=O)C2CCC2)cc1C(=O)N1CCCCC1. The van der Waals surface area contributed by atoms with Gasteiger partial charge in [0, 0.05) is 31.2 Å². The van der Waals surface area contributed by atoms with Crippen LogP contribution in [0.4, 0.5) is 11.4 Å². The quantitative estimate of drug-likeness (QED) is 0.566. The molecule has 1 N–H and O–H groups in total. The topological polar surface area (TPSA) is 65.8 Å². The molecule has 1 aliphatic heterocycles. The van der Waals surface area contributed by atoms with E-state index in [1.807, 2.05) is 35.2 Å². The number of likely N-dealkylation sites (tertiary alicyclic amines) is 1. The van der Waals surface area contributed by atoms with Crippen molar-refractivity contribution < 1.29 is 14.0 Å². The number of carbonyl (C=O) groups is 2. The molecule has 172 valence electrons. The van der Waals surface area contributed by atoms with E-state index in [9.17, 15) is 9.59 Å². The Hall–Kier alpha value is -2.76. The van der Waals surface area contributed by atoms with E-state index in [-0.39, 0.29) is 17.7 Å². The van der Waals surface area contributed by atoms with Crippen molar-refractivity contribution in [1.29, 1.82) is 0 Å². The van der Waals surface area contributed by atoms with Crippen molar-refractivity contribution in [3.8, 4) is 0 Å². The molecule has 0 radical (unpaired) electrons. The van der Waals surface area contributed by atoms with Gasteiger partial charge in [-0.2, -0.15) is 0 Å². The van der Waals surface area contributed by atoms with Gasteiger partial charge in [0.25, 0.3) is 5.91 Å². The number of hydrogen-bond donors (Lipinski definition) is 1. The second-order valence-electron chi connectivity index (χ2n) is 9.06. The first-order valence-corrected chi connectivity index (χ1v) is 12.2. The molecule has 2 fully saturated rings. The Morgan fingerprint density at radius 1 is 1.12 bits per heavy atom. The molecule has 2 heterocycles. The fourth-order valence-electron chi connectivity index (χ4n) is 4.47. The van der Waals surface area contributed by atoms with Crippen LogP contribution in [0.25, 0.3) is 0 Å². The Labute approximate surface area is 191 Å². The van der Waals surface area contributed by atoms with Crippen molar-refractivity contribution in [2.75, 3.05) is 29.9 Å². The number of hydrogen-bond acceptors (Lipinski definition) is 4. The second kappa shape index (κ2) is 10.7. The van der Waals surface area contributed by atoms with Crippen molar-refractivity contribution in [3.63, 3.8) is 0 Å². The van der Waals surface area contributed by atoms with Gasteiger partial charge in [-0.25, -0.2) is 0 Å². The summed E-state index contributed by atoms with van der Waals surface area (Å²) < 4.78 is 5.61. The number of anilines is 2. The van der Waals surface area contributed by atoms with E-state index in [1.165, 1.54) is 6.42 Å². The summed E-state index contributed by atoms with van der Waals surface area (Å²) in [5.41, 5.74) is 2.28. The van der Waals surface area contributed by atoms with Crippen LogP contribution in [0.15, 0.2) is 41.0 Å². The molecule has 0 bridgehead atoms. The lowest BCUT2D eigenvalue weighted by Crippen LogP contribution is -2.37. The molecule has 0 unspecified atom stereocenters. The Morgan fingerprint density at radius 2 is 1.94 bits per heavy atom. The Bertz CT molecular complexity index is 899. The normalized spacial score (nSPS) is 16.5. The molecule has 2 amide bonds. The smallest absolute Gasteiger partial charge is 0.256 e. The van der Waals surface area contributed by atoms with Crippen molar-refractivity contribution in [2.45, 2.75) is 64.8 Å². The molecule has 6 heteroatoms. The summed E-state index contributed by atoms with van der Waals surface area (Å²) in [4.78, 5) is 30.3. The van der Waals surface area contributed by atoms with Gasteiger partial charge in [-0.05, 0) is 68.9 Å². The van der Waals surface area contributed by atoms with E-state index >= 15 is 0 Å². The summed E-state index contributed by atoms with van der Waals surface area (Å²) in [7, 11) is 0. The van der Waals surface area contributed by atoms with Crippen LogP contribution in [-0.4, -0.2) is 36.3 Å². The molecule has 1 saturated carbocycles. The van der Waals surface area contributed by atoms with Crippen LogP contribution in [0.5, 0.6) is 0 Å². The number of benzene rings is 1. The summed E-state index contributed by atoms with van der Waals surface area (Å²) in [6.07, 6.45) is 10.1. The predicted molar refractivity (Wildman–Crippen MR) is 127 cm³/mol. The van der Waals surface area contributed by atoms with Crippen molar-refractivity contribution >= 4 is 23.2 Å². The third-order valence-corrected chi connectivity index (χ3v) is 6.66. The molecule has 0 atom stereocenters. The minimum atomic E-state index is 0.0559. The highest BCUT2D eigenvalue weighted by Gasteiger charge is 2.27. The lowest BCUT2D eigenvalue weighted by molar-refractivity contribution is -0.122. The number of rotatable bonds is 9. The van der Waals surface area contributed by atoms with E-state index in [4.69, 9.17) is 4.42 Å². The largest absolute Gasteiger partial charge is 0.467 e. The van der Waals surface area contributed by atoms with Crippen molar-refractivity contribution in [2.24, 2.45) is 5.92 Å². The number of piperidine rings is 1. The Kier molecular flexibility index (Phi) is 7.51. The molecular formula is C26H35N3O3. The number of carbonyl (C=O) groups excluding carboxylic acids is 2.